The van der Waals surface area contributed by atoms with Crippen molar-refractivity contribution in [3.8, 4) is 11.1 Å². The van der Waals surface area contributed by atoms with E-state index in [9.17, 15) is 31.1 Å². The van der Waals surface area contributed by atoms with Crippen LogP contribution in [-0.4, -0.2) is 49.9 Å². The molecule has 0 saturated heterocycles. The lowest BCUT2D eigenvalue weighted by Gasteiger charge is -2.37. The molecule has 0 N–H and O–H groups in total. The first kappa shape index (κ1) is 36.0. The Kier molecular flexibility index (Phi) is 11.5. The number of esters is 1. The molecule has 2 aromatic carbocycles. The van der Waals surface area contributed by atoms with Crippen LogP contribution in [0.25, 0.3) is 11.1 Å². The molecule has 0 radical (unpaired) electrons. The van der Waals surface area contributed by atoms with E-state index < -0.39 is 43.0 Å². The van der Waals surface area contributed by atoms with Gasteiger partial charge in [-0.3, -0.25) is 9.78 Å². The van der Waals surface area contributed by atoms with E-state index in [0.29, 0.717) is 24.0 Å². The highest BCUT2D eigenvalue weighted by molar-refractivity contribution is 5.74. The van der Waals surface area contributed by atoms with Crippen LogP contribution in [0.4, 0.5) is 26.3 Å². The first-order valence-electron chi connectivity index (χ1n) is 14.6. The monoisotopic (exact) mass is 639 g/mol. The minimum absolute atomic E-state index is 0.103. The van der Waals surface area contributed by atoms with Crippen LogP contribution in [0.5, 0.6) is 0 Å². The van der Waals surface area contributed by atoms with Gasteiger partial charge in [0.15, 0.2) is 0 Å². The Balaban J connectivity index is 1.96. The van der Waals surface area contributed by atoms with E-state index in [1.54, 1.807) is 31.5 Å². The summed E-state index contributed by atoms with van der Waals surface area (Å²) in [5.74, 6) is -0.363. The van der Waals surface area contributed by atoms with Gasteiger partial charge in [0, 0.05) is 30.5 Å². The highest BCUT2D eigenvalue weighted by atomic mass is 19.4. The number of halogens is 6. The van der Waals surface area contributed by atoms with Gasteiger partial charge in [-0.25, -0.2) is 0 Å². The highest BCUT2D eigenvalue weighted by Crippen LogP contribution is 2.49. The summed E-state index contributed by atoms with van der Waals surface area (Å²) < 4.78 is 96.5. The number of hydrogen-bond acceptors (Lipinski definition) is 5. The Morgan fingerprint density at radius 2 is 1.42 bits per heavy atom. The average Bonchev–Trinajstić information content (AvgIpc) is 2.98. The fraction of sp³-hybridized carbons (Fsp3) is 0.471. The molecule has 45 heavy (non-hydrogen) atoms. The van der Waals surface area contributed by atoms with Crippen LogP contribution in [-0.2, 0) is 37.3 Å². The lowest BCUT2D eigenvalue weighted by atomic mass is 9.69. The van der Waals surface area contributed by atoms with Gasteiger partial charge in [-0.15, -0.1) is 0 Å². The number of benzene rings is 2. The van der Waals surface area contributed by atoms with Crippen molar-refractivity contribution in [1.29, 1.82) is 0 Å². The van der Waals surface area contributed by atoms with E-state index >= 15 is 0 Å². The molecule has 5 nitrogen and oxygen atoms in total. The summed E-state index contributed by atoms with van der Waals surface area (Å²) >= 11 is 0. The van der Waals surface area contributed by atoms with Gasteiger partial charge in [-0.05, 0) is 84.5 Å². The smallest absolute Gasteiger partial charge is 0.426 e. The molecule has 246 valence electrons. The predicted molar refractivity (Wildman–Crippen MR) is 159 cm³/mol. The maximum absolute atomic E-state index is 13.8. The predicted octanol–water partition coefficient (Wildman–Crippen LogP) is 8.60. The number of alkyl halides is 6. The molecule has 0 bridgehead atoms. The number of nitrogens with zero attached hydrogens (tertiary/aromatic N) is 1. The molecular formula is C34H39F6NO4. The van der Waals surface area contributed by atoms with Crippen LogP contribution >= 0.6 is 0 Å². The van der Waals surface area contributed by atoms with Crippen LogP contribution in [0.2, 0.25) is 0 Å². The van der Waals surface area contributed by atoms with E-state index in [-0.39, 0.29) is 12.4 Å². The molecule has 0 aliphatic heterocycles. The van der Waals surface area contributed by atoms with Gasteiger partial charge in [0.2, 0.25) is 0 Å². The second kappa shape index (κ2) is 14.3. The molecular weight excluding hydrogens is 600 g/mol. The number of aryl methyl sites for hydroxylation is 3. The van der Waals surface area contributed by atoms with Gasteiger partial charge < -0.3 is 14.2 Å². The summed E-state index contributed by atoms with van der Waals surface area (Å²) in [6.07, 6.45) is -8.38. The second-order valence-corrected chi connectivity index (χ2v) is 11.2. The van der Waals surface area contributed by atoms with E-state index in [1.165, 1.54) is 7.11 Å². The van der Waals surface area contributed by atoms with Gasteiger partial charge in [-0.2, -0.15) is 26.3 Å². The van der Waals surface area contributed by atoms with E-state index in [0.717, 1.165) is 40.5 Å². The third-order valence-electron chi connectivity index (χ3n) is 8.65. The number of pyridine rings is 1. The van der Waals surface area contributed by atoms with Gasteiger partial charge >= 0.3 is 18.3 Å². The Morgan fingerprint density at radius 3 is 1.93 bits per heavy atom. The molecule has 1 aromatic heterocycles. The molecule has 0 unspecified atom stereocenters. The number of hydrogen-bond donors (Lipinski definition) is 0. The Bertz CT molecular complexity index is 1450. The van der Waals surface area contributed by atoms with Gasteiger partial charge in [-0.1, -0.05) is 50.2 Å². The number of aromatic nitrogens is 1. The topological polar surface area (TPSA) is 57.7 Å². The minimum Gasteiger partial charge on any atom is -0.469 e. The summed E-state index contributed by atoms with van der Waals surface area (Å²) in [5.41, 5.74) is 1.58. The molecule has 11 heteroatoms. The van der Waals surface area contributed by atoms with Crippen molar-refractivity contribution in [2.75, 3.05) is 21.0 Å². The lowest BCUT2D eigenvalue weighted by molar-refractivity contribution is -0.393. The van der Waals surface area contributed by atoms with Crippen molar-refractivity contribution >= 4 is 5.97 Å². The lowest BCUT2D eigenvalue weighted by Crippen LogP contribution is -2.59. The van der Waals surface area contributed by atoms with E-state index in [1.807, 2.05) is 45.0 Å². The molecule has 3 rings (SSSR count). The van der Waals surface area contributed by atoms with Crippen LogP contribution in [0.3, 0.4) is 0 Å². The number of rotatable bonds is 13. The maximum Gasteiger partial charge on any atom is 0.426 e. The highest BCUT2D eigenvalue weighted by Gasteiger charge is 2.71. The van der Waals surface area contributed by atoms with Crippen LogP contribution < -0.4 is 0 Å². The van der Waals surface area contributed by atoms with Crippen LogP contribution in [0.15, 0.2) is 54.9 Å². The van der Waals surface area contributed by atoms with E-state index in [4.69, 9.17) is 4.74 Å². The molecule has 0 amide bonds. The zero-order valence-electron chi connectivity index (χ0n) is 26.3. The molecule has 0 aliphatic carbocycles. The van der Waals surface area contributed by atoms with Gasteiger partial charge in [0.1, 0.15) is 6.79 Å². The summed E-state index contributed by atoms with van der Waals surface area (Å²) in [5, 5.41) is 0. The van der Waals surface area contributed by atoms with Crippen LogP contribution in [0, 0.1) is 13.8 Å². The fourth-order valence-corrected chi connectivity index (χ4v) is 5.91. The number of carbonyl (C=O) groups is 1. The third kappa shape index (κ3) is 7.52. The first-order chi connectivity index (χ1) is 21.1. The third-order valence-corrected chi connectivity index (χ3v) is 8.65. The SMILES string of the molecule is CCC(CC)(c1ccc(CCC(OCOC)(C(F)(F)F)C(F)(F)F)c(C)c1)c1ccc(-c2cncc(CC(=O)OC)c2)c(C)c1. The Morgan fingerprint density at radius 1 is 0.822 bits per heavy atom. The summed E-state index contributed by atoms with van der Waals surface area (Å²) in [6, 6.07) is 13.3. The fourth-order valence-electron chi connectivity index (χ4n) is 5.91. The molecule has 0 aliphatic rings. The molecule has 3 aromatic rings. The van der Waals surface area contributed by atoms with E-state index in [2.05, 4.69) is 20.5 Å². The first-order valence-corrected chi connectivity index (χ1v) is 14.6. The van der Waals surface area contributed by atoms with Crippen LogP contribution in [0.1, 0.15) is 66.5 Å². The number of ether oxygens (including phenoxy) is 3. The standard InChI is InChI=1S/C34H39F6NO4/c1-7-31(8-2,28-11-12-29(23(4)16-28)26-17-24(19-41-20-26)18-30(42)44-6)27-10-9-25(22(3)15-27)13-14-32(33(35,36)37,34(38,39)40)45-21-43-5/h9-12,15-17,19-20H,7-8,13-14,18,21H2,1-6H3. The van der Waals surface area contributed by atoms with Crippen molar-refractivity contribution in [3.63, 3.8) is 0 Å². The van der Waals surface area contributed by atoms with Gasteiger partial charge in [0.25, 0.3) is 5.60 Å². The zero-order valence-corrected chi connectivity index (χ0v) is 26.3. The van der Waals surface area contributed by atoms with Crippen molar-refractivity contribution in [2.24, 2.45) is 0 Å². The molecule has 0 saturated carbocycles. The number of methoxy groups -OCH3 is 2. The van der Waals surface area contributed by atoms with Crippen molar-refractivity contribution in [1.82, 2.24) is 4.98 Å². The normalized spacial score (nSPS) is 12.8. The molecule has 0 atom stereocenters. The van der Waals surface area contributed by atoms with Gasteiger partial charge in [0.05, 0.1) is 13.5 Å². The zero-order chi connectivity index (χ0) is 33.6. The molecule has 1 heterocycles. The maximum atomic E-state index is 13.8. The minimum atomic E-state index is -5.69. The average molecular weight is 640 g/mol. The largest absolute Gasteiger partial charge is 0.469 e. The van der Waals surface area contributed by atoms with Crippen molar-refractivity contribution in [3.05, 3.63) is 88.2 Å². The van der Waals surface area contributed by atoms with Crippen molar-refractivity contribution in [2.45, 2.75) is 83.2 Å². The Labute approximate surface area is 259 Å². The van der Waals surface area contributed by atoms with Crippen molar-refractivity contribution < 1.29 is 45.3 Å². The Hall–Kier alpha value is -3.44. The number of carbonyl (C=O) groups excluding carboxylic acids is 1. The molecule has 0 spiro atoms. The molecule has 0 fully saturated rings. The second-order valence-electron chi connectivity index (χ2n) is 11.2. The summed E-state index contributed by atoms with van der Waals surface area (Å²) in [6.45, 7) is 6.61. The summed E-state index contributed by atoms with van der Waals surface area (Å²) in [7, 11) is 2.29. The quantitative estimate of drug-likeness (QED) is 0.107. The summed E-state index contributed by atoms with van der Waals surface area (Å²) in [4.78, 5) is 16.0.